The van der Waals surface area contributed by atoms with Crippen LogP contribution in [0.25, 0.3) is 0 Å². The number of methoxy groups -OCH3 is 1. The van der Waals surface area contributed by atoms with Gasteiger partial charge in [0.05, 0.1) is 19.3 Å². The summed E-state index contributed by atoms with van der Waals surface area (Å²) in [5.74, 6) is -1.61. The Labute approximate surface area is 262 Å². The first-order valence-corrected chi connectivity index (χ1v) is 14.9. The molecule has 0 aliphatic heterocycles. The number of carbonyl (C=O) groups excluding carboxylic acids is 3. The molecule has 3 rings (SSSR count). The van der Waals surface area contributed by atoms with Crippen molar-refractivity contribution in [1.82, 2.24) is 15.5 Å². The average Bonchev–Trinajstić information content (AvgIpc) is 2.99. The van der Waals surface area contributed by atoms with E-state index in [4.69, 9.17) is 22.1 Å². The number of carbonyl (C=O) groups is 3. The van der Waals surface area contributed by atoms with Gasteiger partial charge >= 0.3 is 0 Å². The van der Waals surface area contributed by atoms with Crippen molar-refractivity contribution in [2.24, 2.45) is 5.73 Å². The number of rotatable bonds is 16. The third-order valence-electron chi connectivity index (χ3n) is 6.98. The van der Waals surface area contributed by atoms with Gasteiger partial charge in [0.1, 0.15) is 11.6 Å². The second kappa shape index (κ2) is 16.7. The van der Waals surface area contributed by atoms with Crippen molar-refractivity contribution < 1.29 is 28.6 Å². The van der Waals surface area contributed by atoms with Crippen molar-refractivity contribution in [2.45, 2.75) is 51.8 Å². The number of nitrogens with two attached hydrogens (primary N) is 1. The van der Waals surface area contributed by atoms with Crippen LogP contribution in [0.3, 0.4) is 0 Å². The minimum Gasteiger partial charge on any atom is -0.497 e. The maximum Gasteiger partial charge on any atom is 0.253 e. The predicted molar refractivity (Wildman–Crippen MR) is 169 cm³/mol. The number of hydrogen-bond acceptors (Lipinski definition) is 6. The van der Waals surface area contributed by atoms with Crippen molar-refractivity contribution in [2.75, 3.05) is 26.7 Å². The van der Waals surface area contributed by atoms with Crippen LogP contribution < -0.4 is 21.1 Å². The van der Waals surface area contributed by atoms with E-state index < -0.39 is 29.8 Å². The summed E-state index contributed by atoms with van der Waals surface area (Å²) in [6.45, 7) is 5.44. The van der Waals surface area contributed by atoms with Crippen molar-refractivity contribution >= 4 is 29.3 Å². The van der Waals surface area contributed by atoms with Crippen LogP contribution in [-0.4, -0.2) is 66.6 Å². The molecular formula is C33H40ClFN4O5. The van der Waals surface area contributed by atoms with E-state index in [0.717, 1.165) is 18.4 Å². The lowest BCUT2D eigenvalue weighted by atomic mass is 9.99. The zero-order chi connectivity index (χ0) is 32.2. The molecule has 0 heterocycles. The van der Waals surface area contributed by atoms with Crippen molar-refractivity contribution in [3.63, 3.8) is 0 Å². The first kappa shape index (κ1) is 34.5. The number of aliphatic hydroxyl groups excluding tert-OH is 1. The number of amides is 3. The first-order valence-electron chi connectivity index (χ1n) is 14.6. The number of hydrogen-bond donors (Lipinski definition) is 4. The topological polar surface area (TPSA) is 134 Å². The van der Waals surface area contributed by atoms with Crippen LogP contribution in [-0.2, 0) is 13.0 Å². The molecule has 0 aliphatic rings. The maximum atomic E-state index is 14.1. The van der Waals surface area contributed by atoms with Gasteiger partial charge in [-0.05, 0) is 78.9 Å². The molecular weight excluding hydrogens is 587 g/mol. The van der Waals surface area contributed by atoms with Gasteiger partial charge in [-0.3, -0.25) is 14.4 Å². The molecule has 0 bridgehead atoms. The smallest absolute Gasteiger partial charge is 0.253 e. The van der Waals surface area contributed by atoms with Crippen LogP contribution in [0.5, 0.6) is 5.75 Å². The largest absolute Gasteiger partial charge is 0.497 e. The van der Waals surface area contributed by atoms with E-state index in [2.05, 4.69) is 10.6 Å². The standard InChI is InChI=1S/C33H40ClFN4O5/c1-4-9-39(10-5-2)33(43)25-16-23(31(36)41)15-24(17-25)32(42)38-29(14-22-11-26(34)18-27(35)12-22)30(40)20-37-19-21-7-6-8-28(13-21)44-3/h6-8,11-13,15-18,29-30,37,40H,4-5,9-10,14,19-20H2,1-3H3,(H2,36,41)(H,38,42). The van der Waals surface area contributed by atoms with Crippen LogP contribution in [0.2, 0.25) is 5.02 Å². The van der Waals surface area contributed by atoms with E-state index >= 15 is 0 Å². The number of nitrogens with zero attached hydrogens (tertiary/aromatic N) is 1. The number of benzene rings is 3. The molecule has 236 valence electrons. The molecule has 11 heteroatoms. The fourth-order valence-electron chi connectivity index (χ4n) is 4.87. The van der Waals surface area contributed by atoms with Gasteiger partial charge in [0.25, 0.3) is 11.8 Å². The highest BCUT2D eigenvalue weighted by Gasteiger charge is 2.25. The van der Waals surface area contributed by atoms with Crippen LogP contribution in [0.1, 0.15) is 68.9 Å². The molecule has 44 heavy (non-hydrogen) atoms. The lowest BCUT2D eigenvalue weighted by molar-refractivity contribution is 0.0755. The predicted octanol–water partition coefficient (Wildman–Crippen LogP) is 4.34. The molecule has 5 N–H and O–H groups in total. The summed E-state index contributed by atoms with van der Waals surface area (Å²) in [5, 5.41) is 17.4. The summed E-state index contributed by atoms with van der Waals surface area (Å²) in [5.41, 5.74) is 7.12. The molecule has 2 unspecified atom stereocenters. The molecule has 0 saturated heterocycles. The Morgan fingerprint density at radius 1 is 0.977 bits per heavy atom. The van der Waals surface area contributed by atoms with E-state index in [1.807, 2.05) is 38.1 Å². The summed E-state index contributed by atoms with van der Waals surface area (Å²) >= 11 is 6.06. The SMILES string of the molecule is CCCN(CCC)C(=O)c1cc(C(N)=O)cc(C(=O)NC(Cc2cc(F)cc(Cl)c2)C(O)CNCc2cccc(OC)c2)c1. The molecule has 0 fully saturated rings. The number of aliphatic hydroxyl groups is 1. The van der Waals surface area contributed by atoms with Crippen LogP contribution in [0, 0.1) is 5.82 Å². The lowest BCUT2D eigenvalue weighted by Gasteiger charge is -2.25. The second-order valence-electron chi connectivity index (χ2n) is 10.6. The van der Waals surface area contributed by atoms with Crippen LogP contribution >= 0.6 is 11.6 Å². The number of halogens is 2. The zero-order valence-electron chi connectivity index (χ0n) is 25.2. The minimum atomic E-state index is -1.11. The Hall–Kier alpha value is -3.99. The maximum absolute atomic E-state index is 14.1. The fourth-order valence-corrected chi connectivity index (χ4v) is 5.11. The van der Waals surface area contributed by atoms with E-state index in [1.54, 1.807) is 18.1 Å². The number of ether oxygens (including phenoxy) is 1. The van der Waals surface area contributed by atoms with Crippen molar-refractivity contribution in [3.05, 3.63) is 99.3 Å². The van der Waals surface area contributed by atoms with Gasteiger partial charge in [0.15, 0.2) is 0 Å². The molecule has 0 aromatic heterocycles. The third kappa shape index (κ3) is 10.0. The molecule has 2 atom stereocenters. The quantitative estimate of drug-likeness (QED) is 0.187. The summed E-state index contributed by atoms with van der Waals surface area (Å²) in [4.78, 5) is 40.7. The van der Waals surface area contributed by atoms with Gasteiger partial charge in [-0.2, -0.15) is 0 Å². The highest BCUT2D eigenvalue weighted by atomic mass is 35.5. The van der Waals surface area contributed by atoms with E-state index in [9.17, 15) is 23.9 Å². The molecule has 3 aromatic rings. The lowest BCUT2D eigenvalue weighted by Crippen LogP contribution is -2.48. The van der Waals surface area contributed by atoms with Gasteiger partial charge in [0, 0.05) is 47.9 Å². The monoisotopic (exact) mass is 626 g/mol. The summed E-state index contributed by atoms with van der Waals surface area (Å²) < 4.78 is 19.4. The normalized spacial score (nSPS) is 12.3. The first-order chi connectivity index (χ1) is 21.0. The summed E-state index contributed by atoms with van der Waals surface area (Å²) in [7, 11) is 1.58. The van der Waals surface area contributed by atoms with Crippen LogP contribution in [0.4, 0.5) is 4.39 Å². The van der Waals surface area contributed by atoms with E-state index in [-0.39, 0.29) is 40.6 Å². The molecule has 3 amide bonds. The van der Waals surface area contributed by atoms with Crippen molar-refractivity contribution in [1.29, 1.82) is 0 Å². The van der Waals surface area contributed by atoms with Gasteiger partial charge in [-0.1, -0.05) is 37.6 Å². The highest BCUT2D eigenvalue weighted by Crippen LogP contribution is 2.19. The molecule has 0 radical (unpaired) electrons. The van der Waals surface area contributed by atoms with E-state index in [0.29, 0.717) is 30.9 Å². The molecule has 0 spiro atoms. The highest BCUT2D eigenvalue weighted by molar-refractivity contribution is 6.30. The van der Waals surface area contributed by atoms with Gasteiger partial charge < -0.3 is 31.1 Å². The van der Waals surface area contributed by atoms with Crippen molar-refractivity contribution in [3.8, 4) is 5.75 Å². The zero-order valence-corrected chi connectivity index (χ0v) is 26.0. The van der Waals surface area contributed by atoms with E-state index in [1.165, 1.54) is 30.3 Å². The molecule has 0 aliphatic carbocycles. The van der Waals surface area contributed by atoms with Gasteiger partial charge in [0.2, 0.25) is 5.91 Å². The Morgan fingerprint density at radius 2 is 1.66 bits per heavy atom. The third-order valence-corrected chi connectivity index (χ3v) is 7.19. The van der Waals surface area contributed by atoms with Gasteiger partial charge in [-0.15, -0.1) is 0 Å². The number of nitrogens with one attached hydrogen (secondary N) is 2. The van der Waals surface area contributed by atoms with Gasteiger partial charge in [-0.25, -0.2) is 4.39 Å². The Balaban J connectivity index is 1.87. The second-order valence-corrected chi connectivity index (χ2v) is 11.0. The van der Waals surface area contributed by atoms with Crippen LogP contribution in [0.15, 0.2) is 60.7 Å². The summed E-state index contributed by atoms with van der Waals surface area (Å²) in [6, 6.07) is 14.6. The summed E-state index contributed by atoms with van der Waals surface area (Å²) in [6.07, 6.45) is 0.415. The minimum absolute atomic E-state index is 0.00270. The molecule has 0 saturated carbocycles. The molecule has 9 nitrogen and oxygen atoms in total. The Kier molecular flexibility index (Phi) is 13.1. The molecule has 3 aromatic carbocycles. The Morgan fingerprint density at radius 3 is 2.30 bits per heavy atom. The Bertz CT molecular complexity index is 1430. The fraction of sp³-hybridized carbons (Fsp3) is 0.364. The number of primary amides is 1. The average molecular weight is 627 g/mol.